The number of hydrogen-bond acceptors (Lipinski definition) is 1. The van der Waals surface area contributed by atoms with Crippen molar-refractivity contribution in [2.45, 2.75) is 6.42 Å². The van der Waals surface area contributed by atoms with Gasteiger partial charge in [0.25, 0.3) is 0 Å². The number of fused-ring (bicyclic) bond motifs is 2. The van der Waals surface area contributed by atoms with Crippen LogP contribution in [0.15, 0.2) is 42.5 Å². The average Bonchev–Trinajstić information content (AvgIpc) is 2.29. The van der Waals surface area contributed by atoms with Crippen LogP contribution in [0.4, 0.5) is 11.4 Å². The summed E-state index contributed by atoms with van der Waals surface area (Å²) in [5.74, 6) is 0. The molecule has 0 saturated heterocycles. The van der Waals surface area contributed by atoms with Crippen molar-refractivity contribution in [3.8, 4) is 0 Å². The van der Waals surface area contributed by atoms with Crippen molar-refractivity contribution in [3.63, 3.8) is 0 Å². The van der Waals surface area contributed by atoms with Crippen LogP contribution >= 0.6 is 11.6 Å². The first-order valence-corrected chi connectivity index (χ1v) is 5.73. The van der Waals surface area contributed by atoms with E-state index in [1.165, 1.54) is 22.5 Å². The predicted octanol–water partition coefficient (Wildman–Crippen LogP) is 4.01. The van der Waals surface area contributed by atoms with E-state index in [1.54, 1.807) is 0 Å². The lowest BCUT2D eigenvalue weighted by molar-refractivity contribution is 1.06. The SMILES string of the molecule is CN1c2ccccc2Cc2cc(Cl)ccc21. The molecule has 3 rings (SSSR count). The molecule has 2 heteroatoms. The Kier molecular flexibility index (Phi) is 2.15. The van der Waals surface area contributed by atoms with Crippen molar-refractivity contribution in [2.75, 3.05) is 11.9 Å². The zero-order valence-corrected chi connectivity index (χ0v) is 9.83. The van der Waals surface area contributed by atoms with E-state index in [2.05, 4.69) is 48.3 Å². The van der Waals surface area contributed by atoms with Crippen molar-refractivity contribution in [1.82, 2.24) is 0 Å². The largest absolute Gasteiger partial charge is 0.344 e. The summed E-state index contributed by atoms with van der Waals surface area (Å²) in [7, 11) is 2.10. The first-order valence-electron chi connectivity index (χ1n) is 5.36. The molecule has 0 N–H and O–H groups in total. The van der Waals surface area contributed by atoms with E-state index >= 15 is 0 Å². The Hall–Kier alpha value is -1.47. The first kappa shape index (κ1) is 9.73. The minimum Gasteiger partial charge on any atom is -0.344 e. The van der Waals surface area contributed by atoms with Gasteiger partial charge < -0.3 is 4.90 Å². The molecule has 0 atom stereocenters. The van der Waals surface area contributed by atoms with E-state index in [-0.39, 0.29) is 0 Å². The first-order chi connectivity index (χ1) is 7.75. The lowest BCUT2D eigenvalue weighted by Crippen LogP contribution is -2.18. The topological polar surface area (TPSA) is 3.24 Å². The molecule has 16 heavy (non-hydrogen) atoms. The second-order valence-corrected chi connectivity index (χ2v) is 4.57. The van der Waals surface area contributed by atoms with E-state index in [1.807, 2.05) is 6.07 Å². The summed E-state index contributed by atoms with van der Waals surface area (Å²) in [4.78, 5) is 2.23. The molecule has 1 nitrogen and oxygen atoms in total. The Bertz CT molecular complexity index is 548. The number of nitrogens with zero attached hydrogens (tertiary/aromatic N) is 1. The van der Waals surface area contributed by atoms with Crippen LogP contribution in [0.2, 0.25) is 5.02 Å². The van der Waals surface area contributed by atoms with Gasteiger partial charge in [0.1, 0.15) is 0 Å². The fraction of sp³-hybridized carbons (Fsp3) is 0.143. The Balaban J connectivity index is 2.18. The lowest BCUT2D eigenvalue weighted by Gasteiger charge is -2.30. The van der Waals surface area contributed by atoms with Crippen molar-refractivity contribution in [3.05, 3.63) is 58.6 Å². The minimum atomic E-state index is 0.812. The molecule has 1 aliphatic heterocycles. The van der Waals surface area contributed by atoms with Gasteiger partial charge in [-0.05, 0) is 35.4 Å². The van der Waals surface area contributed by atoms with Crippen molar-refractivity contribution in [1.29, 1.82) is 0 Å². The fourth-order valence-electron chi connectivity index (χ4n) is 2.35. The minimum absolute atomic E-state index is 0.812. The Morgan fingerprint density at radius 1 is 1.00 bits per heavy atom. The second kappa shape index (κ2) is 3.53. The van der Waals surface area contributed by atoms with Gasteiger partial charge in [0, 0.05) is 29.9 Å². The van der Waals surface area contributed by atoms with Gasteiger partial charge in [0.05, 0.1) is 0 Å². The van der Waals surface area contributed by atoms with E-state index in [9.17, 15) is 0 Å². The number of para-hydroxylation sites is 1. The van der Waals surface area contributed by atoms with Crippen molar-refractivity contribution in [2.24, 2.45) is 0 Å². The van der Waals surface area contributed by atoms with Gasteiger partial charge in [-0.1, -0.05) is 29.8 Å². The fourth-order valence-corrected chi connectivity index (χ4v) is 2.54. The Morgan fingerprint density at radius 2 is 1.75 bits per heavy atom. The van der Waals surface area contributed by atoms with Crippen LogP contribution in [0.25, 0.3) is 0 Å². The van der Waals surface area contributed by atoms with Crippen LogP contribution in [-0.4, -0.2) is 7.05 Å². The molecule has 0 saturated carbocycles. The molecule has 0 spiro atoms. The standard InChI is InChI=1S/C14H12ClN/c1-16-13-5-3-2-4-10(13)8-11-9-12(15)6-7-14(11)16/h2-7,9H,8H2,1H3. The van der Waals surface area contributed by atoms with Gasteiger partial charge in [0.2, 0.25) is 0 Å². The summed E-state index contributed by atoms with van der Waals surface area (Å²) in [6, 6.07) is 14.6. The maximum Gasteiger partial charge on any atom is 0.0445 e. The highest BCUT2D eigenvalue weighted by atomic mass is 35.5. The molecule has 1 aliphatic rings. The number of rotatable bonds is 0. The van der Waals surface area contributed by atoms with Crippen LogP contribution in [0.5, 0.6) is 0 Å². The highest BCUT2D eigenvalue weighted by Crippen LogP contribution is 2.38. The molecule has 0 amide bonds. The van der Waals surface area contributed by atoms with E-state index < -0.39 is 0 Å². The van der Waals surface area contributed by atoms with Crippen LogP contribution in [-0.2, 0) is 6.42 Å². The molecule has 80 valence electrons. The number of halogens is 1. The summed E-state index contributed by atoms with van der Waals surface area (Å²) in [5, 5.41) is 0.812. The van der Waals surface area contributed by atoms with Crippen molar-refractivity contribution < 1.29 is 0 Å². The monoisotopic (exact) mass is 229 g/mol. The van der Waals surface area contributed by atoms with Gasteiger partial charge >= 0.3 is 0 Å². The zero-order valence-electron chi connectivity index (χ0n) is 9.07. The van der Waals surface area contributed by atoms with Crippen LogP contribution < -0.4 is 4.90 Å². The summed E-state index contributed by atoms with van der Waals surface area (Å²) in [6.45, 7) is 0. The molecule has 2 aromatic carbocycles. The van der Waals surface area contributed by atoms with Crippen LogP contribution in [0.1, 0.15) is 11.1 Å². The number of hydrogen-bond donors (Lipinski definition) is 0. The molecule has 0 unspecified atom stereocenters. The van der Waals surface area contributed by atoms with Crippen molar-refractivity contribution >= 4 is 23.0 Å². The molecule has 0 radical (unpaired) electrons. The molecular formula is C14H12ClN. The third-order valence-electron chi connectivity index (χ3n) is 3.14. The molecule has 2 aromatic rings. The lowest BCUT2D eigenvalue weighted by atomic mass is 9.96. The molecule has 0 aliphatic carbocycles. The van der Waals surface area contributed by atoms with Gasteiger partial charge in [0.15, 0.2) is 0 Å². The average molecular weight is 230 g/mol. The summed E-state index contributed by atoms with van der Waals surface area (Å²) in [5.41, 5.74) is 5.20. The quantitative estimate of drug-likeness (QED) is 0.660. The molecule has 1 heterocycles. The van der Waals surface area contributed by atoms with E-state index in [0.29, 0.717) is 0 Å². The predicted molar refractivity (Wildman–Crippen MR) is 68.8 cm³/mol. The zero-order chi connectivity index (χ0) is 11.1. The molecular weight excluding hydrogens is 218 g/mol. The molecule has 0 bridgehead atoms. The van der Waals surface area contributed by atoms with Crippen LogP contribution in [0.3, 0.4) is 0 Å². The maximum absolute atomic E-state index is 6.03. The number of anilines is 2. The normalized spacial score (nSPS) is 13.2. The molecule has 0 fully saturated rings. The summed E-state index contributed by atoms with van der Waals surface area (Å²) < 4.78 is 0. The van der Waals surface area contributed by atoms with E-state index in [0.717, 1.165) is 11.4 Å². The Morgan fingerprint density at radius 3 is 2.62 bits per heavy atom. The smallest absolute Gasteiger partial charge is 0.0445 e. The number of benzene rings is 2. The summed E-state index contributed by atoms with van der Waals surface area (Å²) >= 11 is 6.03. The third-order valence-corrected chi connectivity index (χ3v) is 3.37. The van der Waals surface area contributed by atoms with Gasteiger partial charge in [-0.2, -0.15) is 0 Å². The van der Waals surface area contributed by atoms with Gasteiger partial charge in [-0.3, -0.25) is 0 Å². The highest BCUT2D eigenvalue weighted by molar-refractivity contribution is 6.30. The highest BCUT2D eigenvalue weighted by Gasteiger charge is 2.18. The second-order valence-electron chi connectivity index (χ2n) is 4.14. The van der Waals surface area contributed by atoms with Crippen LogP contribution in [0, 0.1) is 0 Å². The molecule has 0 aromatic heterocycles. The summed E-state index contributed by atoms with van der Waals surface area (Å²) in [6.07, 6.45) is 0.969. The maximum atomic E-state index is 6.03. The Labute approximate surface area is 100 Å². The van der Waals surface area contributed by atoms with Gasteiger partial charge in [-0.25, -0.2) is 0 Å². The van der Waals surface area contributed by atoms with E-state index in [4.69, 9.17) is 11.6 Å². The third kappa shape index (κ3) is 1.40. The van der Waals surface area contributed by atoms with Gasteiger partial charge in [-0.15, -0.1) is 0 Å².